The van der Waals surface area contributed by atoms with Gasteiger partial charge in [-0.3, -0.25) is 0 Å². The normalized spacial score (nSPS) is 12.8. The van der Waals surface area contributed by atoms with Crippen LogP contribution in [0.3, 0.4) is 0 Å². The SMILES string of the molecule is CC(Nc1ccc2scnc2c1)c1nccn1C. The highest BCUT2D eigenvalue weighted by atomic mass is 32.1. The number of aromatic nitrogens is 3. The Bertz CT molecular complexity index is 670. The monoisotopic (exact) mass is 258 g/mol. The van der Waals surface area contributed by atoms with Crippen LogP contribution < -0.4 is 5.32 Å². The van der Waals surface area contributed by atoms with Crippen molar-refractivity contribution in [1.82, 2.24) is 14.5 Å². The Balaban J connectivity index is 1.85. The quantitative estimate of drug-likeness (QED) is 0.784. The van der Waals surface area contributed by atoms with E-state index in [2.05, 4.69) is 40.4 Å². The van der Waals surface area contributed by atoms with Gasteiger partial charge in [0.2, 0.25) is 0 Å². The van der Waals surface area contributed by atoms with Gasteiger partial charge in [-0.15, -0.1) is 11.3 Å². The lowest BCUT2D eigenvalue weighted by Gasteiger charge is -2.15. The van der Waals surface area contributed by atoms with Gasteiger partial charge in [0.1, 0.15) is 5.82 Å². The molecule has 1 unspecified atom stereocenters. The topological polar surface area (TPSA) is 42.7 Å². The number of benzene rings is 1. The number of fused-ring (bicyclic) bond motifs is 1. The van der Waals surface area contributed by atoms with Crippen molar-refractivity contribution in [2.24, 2.45) is 7.05 Å². The van der Waals surface area contributed by atoms with Crippen LogP contribution in [0.25, 0.3) is 10.2 Å². The Labute approximate surface area is 109 Å². The van der Waals surface area contributed by atoms with E-state index in [1.54, 1.807) is 11.3 Å². The molecule has 3 aromatic rings. The van der Waals surface area contributed by atoms with Crippen molar-refractivity contribution < 1.29 is 0 Å². The third-order valence-corrected chi connectivity index (χ3v) is 3.77. The molecule has 1 aromatic carbocycles. The highest BCUT2D eigenvalue weighted by Crippen LogP contribution is 2.24. The lowest BCUT2D eigenvalue weighted by molar-refractivity contribution is 0.722. The summed E-state index contributed by atoms with van der Waals surface area (Å²) >= 11 is 1.66. The largest absolute Gasteiger partial charge is 0.375 e. The van der Waals surface area contributed by atoms with Gasteiger partial charge in [-0.2, -0.15) is 0 Å². The number of nitrogens with one attached hydrogen (secondary N) is 1. The molecule has 0 saturated carbocycles. The fourth-order valence-corrected chi connectivity index (χ4v) is 2.72. The van der Waals surface area contributed by atoms with E-state index in [1.165, 1.54) is 4.70 Å². The molecular weight excluding hydrogens is 244 g/mol. The summed E-state index contributed by atoms with van der Waals surface area (Å²) in [5.74, 6) is 1.02. The number of nitrogens with zero attached hydrogens (tertiary/aromatic N) is 3. The van der Waals surface area contributed by atoms with Crippen molar-refractivity contribution in [1.29, 1.82) is 0 Å². The molecule has 1 N–H and O–H groups in total. The molecule has 4 nitrogen and oxygen atoms in total. The lowest BCUT2D eigenvalue weighted by atomic mass is 10.2. The molecule has 0 radical (unpaired) electrons. The second-order valence-electron chi connectivity index (χ2n) is 4.30. The molecular formula is C13H14N4S. The first-order chi connectivity index (χ1) is 8.74. The third kappa shape index (κ3) is 1.97. The van der Waals surface area contributed by atoms with Gasteiger partial charge >= 0.3 is 0 Å². The molecule has 3 rings (SSSR count). The number of aryl methyl sites for hydroxylation is 1. The Kier molecular flexibility index (Phi) is 2.76. The van der Waals surface area contributed by atoms with Crippen LogP contribution in [0.15, 0.2) is 36.1 Å². The highest BCUT2D eigenvalue weighted by molar-refractivity contribution is 7.16. The average molecular weight is 258 g/mol. The minimum Gasteiger partial charge on any atom is -0.375 e. The second-order valence-corrected chi connectivity index (χ2v) is 5.18. The summed E-state index contributed by atoms with van der Waals surface area (Å²) < 4.78 is 3.24. The molecule has 5 heteroatoms. The van der Waals surface area contributed by atoms with Gasteiger partial charge in [0, 0.05) is 25.1 Å². The maximum atomic E-state index is 4.35. The Morgan fingerprint density at radius 3 is 3.00 bits per heavy atom. The van der Waals surface area contributed by atoms with Gasteiger partial charge in [-0.1, -0.05) is 0 Å². The molecule has 18 heavy (non-hydrogen) atoms. The number of thiazole rings is 1. The first-order valence-corrected chi connectivity index (χ1v) is 6.69. The van der Waals surface area contributed by atoms with Crippen LogP contribution in [-0.4, -0.2) is 14.5 Å². The van der Waals surface area contributed by atoms with Crippen LogP contribution in [0, 0.1) is 0 Å². The Morgan fingerprint density at radius 1 is 1.33 bits per heavy atom. The van der Waals surface area contributed by atoms with E-state index in [1.807, 2.05) is 29.5 Å². The summed E-state index contributed by atoms with van der Waals surface area (Å²) in [6.07, 6.45) is 3.77. The lowest BCUT2D eigenvalue weighted by Crippen LogP contribution is -2.11. The molecule has 0 bridgehead atoms. The van der Waals surface area contributed by atoms with Gasteiger partial charge in [0.05, 0.1) is 21.8 Å². The number of hydrogen-bond donors (Lipinski definition) is 1. The maximum absolute atomic E-state index is 4.35. The summed E-state index contributed by atoms with van der Waals surface area (Å²) in [4.78, 5) is 8.68. The molecule has 2 heterocycles. The summed E-state index contributed by atoms with van der Waals surface area (Å²) in [5, 5.41) is 3.45. The highest BCUT2D eigenvalue weighted by Gasteiger charge is 2.10. The molecule has 0 saturated heterocycles. The third-order valence-electron chi connectivity index (χ3n) is 2.96. The smallest absolute Gasteiger partial charge is 0.130 e. The number of rotatable bonds is 3. The first kappa shape index (κ1) is 11.2. The van der Waals surface area contributed by atoms with E-state index in [9.17, 15) is 0 Å². The maximum Gasteiger partial charge on any atom is 0.130 e. The molecule has 92 valence electrons. The number of anilines is 1. The Hall–Kier alpha value is -1.88. The predicted octanol–water partition coefficient (Wildman–Crippen LogP) is 3.20. The van der Waals surface area contributed by atoms with Crippen molar-refractivity contribution in [2.45, 2.75) is 13.0 Å². The number of imidazole rings is 1. The van der Waals surface area contributed by atoms with E-state index in [0.717, 1.165) is 17.0 Å². The molecule has 1 atom stereocenters. The molecule has 2 aromatic heterocycles. The van der Waals surface area contributed by atoms with Crippen LogP contribution in [0.2, 0.25) is 0 Å². The molecule has 0 spiro atoms. The minimum absolute atomic E-state index is 0.168. The second kappa shape index (κ2) is 4.42. The van der Waals surface area contributed by atoms with E-state index in [0.29, 0.717) is 0 Å². The van der Waals surface area contributed by atoms with Gasteiger partial charge in [0.25, 0.3) is 0 Å². The zero-order valence-electron chi connectivity index (χ0n) is 10.3. The van der Waals surface area contributed by atoms with Crippen molar-refractivity contribution in [3.63, 3.8) is 0 Å². The van der Waals surface area contributed by atoms with Gasteiger partial charge in [-0.25, -0.2) is 9.97 Å². The average Bonchev–Trinajstić information content (AvgIpc) is 2.96. The molecule has 0 amide bonds. The van der Waals surface area contributed by atoms with Crippen molar-refractivity contribution in [3.05, 3.63) is 41.9 Å². The molecule has 0 aliphatic heterocycles. The van der Waals surface area contributed by atoms with E-state index >= 15 is 0 Å². The van der Waals surface area contributed by atoms with Crippen molar-refractivity contribution in [2.75, 3.05) is 5.32 Å². The van der Waals surface area contributed by atoms with E-state index < -0.39 is 0 Å². The summed E-state index contributed by atoms with van der Waals surface area (Å²) in [6, 6.07) is 6.42. The summed E-state index contributed by atoms with van der Waals surface area (Å²) in [6.45, 7) is 2.10. The van der Waals surface area contributed by atoms with Crippen LogP contribution in [0.5, 0.6) is 0 Å². The van der Waals surface area contributed by atoms with Crippen LogP contribution >= 0.6 is 11.3 Å². The zero-order chi connectivity index (χ0) is 12.5. The van der Waals surface area contributed by atoms with E-state index in [-0.39, 0.29) is 6.04 Å². The first-order valence-electron chi connectivity index (χ1n) is 5.81. The fraction of sp³-hybridized carbons (Fsp3) is 0.231. The van der Waals surface area contributed by atoms with E-state index in [4.69, 9.17) is 0 Å². The van der Waals surface area contributed by atoms with Crippen LogP contribution in [-0.2, 0) is 7.05 Å². The predicted molar refractivity (Wildman–Crippen MR) is 74.9 cm³/mol. The summed E-state index contributed by atoms with van der Waals surface area (Å²) in [5.41, 5.74) is 3.98. The fourth-order valence-electron chi connectivity index (χ4n) is 2.06. The molecule has 0 aliphatic rings. The molecule has 0 aliphatic carbocycles. The number of hydrogen-bond acceptors (Lipinski definition) is 4. The van der Waals surface area contributed by atoms with Crippen molar-refractivity contribution >= 4 is 27.2 Å². The van der Waals surface area contributed by atoms with Crippen LogP contribution in [0.1, 0.15) is 18.8 Å². The van der Waals surface area contributed by atoms with Gasteiger partial charge < -0.3 is 9.88 Å². The summed E-state index contributed by atoms with van der Waals surface area (Å²) in [7, 11) is 2.00. The standard InChI is InChI=1S/C13H14N4S/c1-9(13-14-5-6-17(13)2)16-10-3-4-12-11(7-10)15-8-18-12/h3-9,16H,1-2H3. The molecule has 0 fully saturated rings. The Morgan fingerprint density at radius 2 is 2.22 bits per heavy atom. The minimum atomic E-state index is 0.168. The van der Waals surface area contributed by atoms with Gasteiger partial charge in [0.15, 0.2) is 0 Å². The zero-order valence-corrected chi connectivity index (χ0v) is 11.1. The van der Waals surface area contributed by atoms with Crippen LogP contribution in [0.4, 0.5) is 5.69 Å². The van der Waals surface area contributed by atoms with Gasteiger partial charge in [-0.05, 0) is 25.1 Å². The van der Waals surface area contributed by atoms with Crippen molar-refractivity contribution in [3.8, 4) is 0 Å².